The molecule has 7 nitrogen and oxygen atoms in total. The van der Waals surface area contributed by atoms with Gasteiger partial charge in [0, 0.05) is 18.3 Å². The Balaban J connectivity index is 1.50. The lowest BCUT2D eigenvalue weighted by Gasteiger charge is -2.38. The molecule has 2 bridgehead atoms. The van der Waals surface area contributed by atoms with E-state index in [0.717, 1.165) is 44.1 Å². The molecule has 1 spiro atoms. The average molecular weight is 486 g/mol. The van der Waals surface area contributed by atoms with Gasteiger partial charge in [0.25, 0.3) is 0 Å². The summed E-state index contributed by atoms with van der Waals surface area (Å²) in [4.78, 5) is 42.5. The summed E-state index contributed by atoms with van der Waals surface area (Å²) in [7, 11) is 1.61. The van der Waals surface area contributed by atoms with Gasteiger partial charge in [-0.05, 0) is 37.7 Å². The molecule has 1 aliphatic carbocycles. The molecule has 1 aromatic carbocycles. The lowest BCUT2D eigenvalue weighted by Crippen LogP contribution is -2.58. The van der Waals surface area contributed by atoms with Crippen LogP contribution in [0.5, 0.6) is 0 Å². The predicted molar refractivity (Wildman–Crippen MR) is 131 cm³/mol. The third kappa shape index (κ3) is 3.83. The first-order valence-electron chi connectivity index (χ1n) is 12.7. The molecule has 3 N–H and O–H groups in total. The highest BCUT2D eigenvalue weighted by atomic mass is 32.2. The Hall–Kier alpha value is -2.06. The normalized spacial score (nSPS) is 33.6. The van der Waals surface area contributed by atoms with E-state index in [1.807, 2.05) is 30.3 Å². The van der Waals surface area contributed by atoms with E-state index in [-0.39, 0.29) is 35.6 Å². The minimum Gasteiger partial charge on any atom is -0.394 e. The van der Waals surface area contributed by atoms with Gasteiger partial charge in [0.05, 0.1) is 29.2 Å². The lowest BCUT2D eigenvalue weighted by atomic mass is 9.70. The van der Waals surface area contributed by atoms with E-state index in [9.17, 15) is 19.5 Å². The van der Waals surface area contributed by atoms with Crippen LogP contribution in [0.3, 0.4) is 0 Å². The molecule has 1 aromatic rings. The SMILES string of the molecule is CNC(=O)[C@@H]1[C@@H]2CCC3(S2)C(C(=O)NC2CCCCC2)N([C@@H](CO)Cc2ccccc2)C(=O)[C@H]13. The summed E-state index contributed by atoms with van der Waals surface area (Å²) in [6.45, 7) is -0.227. The van der Waals surface area contributed by atoms with Gasteiger partial charge in [-0.1, -0.05) is 49.6 Å². The highest BCUT2D eigenvalue weighted by Crippen LogP contribution is 2.66. The van der Waals surface area contributed by atoms with Crippen molar-refractivity contribution in [3.63, 3.8) is 0 Å². The average Bonchev–Trinajstić information content (AvgIpc) is 3.50. The molecule has 184 valence electrons. The number of thioether (sulfide) groups is 1. The maximum absolute atomic E-state index is 14.0. The van der Waals surface area contributed by atoms with Crippen LogP contribution < -0.4 is 10.6 Å². The number of carbonyl (C=O) groups is 3. The number of aliphatic hydroxyl groups excluding tert-OH is 1. The second-order valence-electron chi connectivity index (χ2n) is 10.3. The number of nitrogens with zero attached hydrogens (tertiary/aromatic N) is 1. The number of aliphatic hydroxyl groups is 1. The Morgan fingerprint density at radius 1 is 1.15 bits per heavy atom. The summed E-state index contributed by atoms with van der Waals surface area (Å²) in [5, 5.41) is 16.5. The van der Waals surface area contributed by atoms with Crippen LogP contribution >= 0.6 is 11.8 Å². The summed E-state index contributed by atoms with van der Waals surface area (Å²) in [5.41, 5.74) is 1.01. The molecule has 8 heteroatoms. The van der Waals surface area contributed by atoms with Crippen molar-refractivity contribution in [3.05, 3.63) is 35.9 Å². The summed E-state index contributed by atoms with van der Waals surface area (Å²) in [5.74, 6) is -1.33. The molecule has 0 radical (unpaired) electrons. The molecule has 1 saturated carbocycles. The zero-order valence-corrected chi connectivity index (χ0v) is 20.6. The van der Waals surface area contributed by atoms with Gasteiger partial charge in [0.2, 0.25) is 17.7 Å². The van der Waals surface area contributed by atoms with Crippen LogP contribution in [0.25, 0.3) is 0 Å². The number of nitrogens with one attached hydrogen (secondary N) is 2. The van der Waals surface area contributed by atoms with Crippen molar-refractivity contribution in [2.24, 2.45) is 11.8 Å². The maximum Gasteiger partial charge on any atom is 0.244 e. The van der Waals surface area contributed by atoms with Crippen LogP contribution in [0, 0.1) is 11.8 Å². The van der Waals surface area contributed by atoms with E-state index in [1.54, 1.807) is 23.7 Å². The van der Waals surface area contributed by atoms with Crippen LogP contribution in [-0.4, -0.2) is 69.5 Å². The molecule has 34 heavy (non-hydrogen) atoms. The van der Waals surface area contributed by atoms with E-state index >= 15 is 0 Å². The van der Waals surface area contributed by atoms with Gasteiger partial charge in [-0.25, -0.2) is 0 Å². The molecule has 6 atom stereocenters. The summed E-state index contributed by atoms with van der Waals surface area (Å²) < 4.78 is -0.609. The van der Waals surface area contributed by atoms with Crippen LogP contribution in [0.15, 0.2) is 30.3 Å². The van der Waals surface area contributed by atoms with Gasteiger partial charge in [-0.2, -0.15) is 0 Å². The van der Waals surface area contributed by atoms with Crippen molar-refractivity contribution in [1.82, 2.24) is 15.5 Å². The third-order valence-corrected chi connectivity index (χ3v) is 10.4. The fourth-order valence-electron chi connectivity index (χ4n) is 6.91. The zero-order valence-electron chi connectivity index (χ0n) is 19.7. The number of fused-ring (bicyclic) bond motifs is 1. The molecular weight excluding hydrogens is 450 g/mol. The number of hydrogen-bond donors (Lipinski definition) is 3. The van der Waals surface area contributed by atoms with Gasteiger partial charge >= 0.3 is 0 Å². The van der Waals surface area contributed by atoms with Gasteiger partial charge < -0.3 is 20.6 Å². The van der Waals surface area contributed by atoms with Crippen LogP contribution in [0.4, 0.5) is 0 Å². The number of hydrogen-bond acceptors (Lipinski definition) is 5. The smallest absolute Gasteiger partial charge is 0.244 e. The van der Waals surface area contributed by atoms with E-state index < -0.39 is 28.7 Å². The van der Waals surface area contributed by atoms with Crippen LogP contribution in [0.2, 0.25) is 0 Å². The van der Waals surface area contributed by atoms with Gasteiger partial charge in [0.1, 0.15) is 6.04 Å². The molecule has 4 aliphatic rings. The van der Waals surface area contributed by atoms with E-state index in [0.29, 0.717) is 6.42 Å². The molecule has 4 fully saturated rings. The second-order valence-corrected chi connectivity index (χ2v) is 11.9. The van der Waals surface area contributed by atoms with Gasteiger partial charge in [0.15, 0.2) is 0 Å². The van der Waals surface area contributed by atoms with Crippen LogP contribution in [0.1, 0.15) is 50.5 Å². The Labute approximate surface area is 205 Å². The Morgan fingerprint density at radius 2 is 1.88 bits per heavy atom. The standard InChI is InChI=1S/C26H35N3O4S/c1-27-23(31)20-19-12-13-26(34-19)21(20)25(33)29(18(15-30)14-16-8-4-2-5-9-16)22(26)24(32)28-17-10-6-3-7-11-17/h2,4-5,8-9,17-22,30H,3,6-7,10-15H2,1H3,(H,27,31)(H,28,32)/t18-,19+,20-,21+,22?,26?/m1/s1. The first kappa shape index (κ1) is 23.7. The first-order valence-corrected chi connectivity index (χ1v) is 13.5. The fraction of sp³-hybridized carbons (Fsp3) is 0.654. The lowest BCUT2D eigenvalue weighted by molar-refractivity contribution is -0.142. The zero-order chi connectivity index (χ0) is 23.9. The monoisotopic (exact) mass is 485 g/mol. The predicted octanol–water partition coefficient (Wildman–Crippen LogP) is 1.88. The maximum atomic E-state index is 14.0. The van der Waals surface area contributed by atoms with Crippen molar-refractivity contribution in [2.75, 3.05) is 13.7 Å². The van der Waals surface area contributed by atoms with Gasteiger partial charge in [-0.15, -0.1) is 11.8 Å². The second kappa shape index (κ2) is 9.53. The minimum absolute atomic E-state index is 0.0581. The quantitative estimate of drug-likeness (QED) is 0.548. The largest absolute Gasteiger partial charge is 0.394 e. The summed E-state index contributed by atoms with van der Waals surface area (Å²) in [6.07, 6.45) is 7.38. The van der Waals surface area contributed by atoms with Gasteiger partial charge in [-0.3, -0.25) is 14.4 Å². The molecule has 2 unspecified atom stereocenters. The molecule has 3 heterocycles. The highest BCUT2D eigenvalue weighted by molar-refractivity contribution is 8.02. The fourth-order valence-corrected chi connectivity index (χ4v) is 9.12. The number of amides is 3. The summed E-state index contributed by atoms with van der Waals surface area (Å²) >= 11 is 1.68. The molecule has 3 aliphatic heterocycles. The molecule has 5 rings (SSSR count). The Morgan fingerprint density at radius 3 is 2.56 bits per heavy atom. The topological polar surface area (TPSA) is 98.7 Å². The van der Waals surface area contributed by atoms with Crippen molar-refractivity contribution in [3.8, 4) is 0 Å². The number of benzene rings is 1. The number of rotatable bonds is 7. The van der Waals surface area contributed by atoms with Crippen LogP contribution in [-0.2, 0) is 20.8 Å². The number of likely N-dealkylation sites (tertiary alicyclic amines) is 1. The van der Waals surface area contributed by atoms with E-state index in [1.165, 1.54) is 6.42 Å². The Bertz CT molecular complexity index is 937. The molecule has 3 saturated heterocycles. The first-order chi connectivity index (χ1) is 16.5. The van der Waals surface area contributed by atoms with Crippen molar-refractivity contribution in [1.29, 1.82) is 0 Å². The minimum atomic E-state index is -0.669. The van der Waals surface area contributed by atoms with Crippen molar-refractivity contribution < 1.29 is 19.5 Å². The van der Waals surface area contributed by atoms with E-state index in [4.69, 9.17) is 0 Å². The number of carbonyl (C=O) groups excluding carboxylic acids is 3. The Kier molecular flexibility index (Phi) is 6.64. The molecule has 3 amide bonds. The molecular formula is C26H35N3O4S. The molecule has 0 aromatic heterocycles. The highest BCUT2D eigenvalue weighted by Gasteiger charge is 2.74. The van der Waals surface area contributed by atoms with Crippen molar-refractivity contribution in [2.45, 2.75) is 79.5 Å². The third-order valence-electron chi connectivity index (χ3n) is 8.41. The summed E-state index contributed by atoms with van der Waals surface area (Å²) in [6, 6.07) is 8.73. The van der Waals surface area contributed by atoms with E-state index in [2.05, 4.69) is 10.6 Å². The van der Waals surface area contributed by atoms with Crippen molar-refractivity contribution >= 4 is 29.5 Å².